The van der Waals surface area contributed by atoms with E-state index in [1.165, 1.54) is 0 Å². The van der Waals surface area contributed by atoms with Crippen molar-refractivity contribution < 1.29 is 4.43 Å². The monoisotopic (exact) mass is 288 g/mol. The van der Waals surface area contributed by atoms with Crippen molar-refractivity contribution in [2.45, 2.75) is 15.9 Å². The molecule has 11 heavy (non-hydrogen) atoms. The highest BCUT2D eigenvalue weighted by atomic mass is 35.6. The molecular formula is C3H5Cl5OSi2. The van der Waals surface area contributed by atoms with Crippen LogP contribution in [0.5, 0.6) is 0 Å². The Kier molecular flexibility index (Phi) is 4.34. The van der Waals surface area contributed by atoms with Crippen molar-refractivity contribution in [2.24, 2.45) is 0 Å². The molecule has 0 spiro atoms. The standard InChI is InChI=1S/C3H5Cl5OSi2/c4-1-2(5)9-11(8)10(7)3(1)6/h1-3,10-11H. The summed E-state index contributed by atoms with van der Waals surface area (Å²) in [6, 6.07) is 0. The van der Waals surface area contributed by atoms with Gasteiger partial charge in [-0.15, -0.1) is 34.3 Å². The molecule has 0 aliphatic carbocycles. The minimum atomic E-state index is -1.81. The molecule has 0 radical (unpaired) electrons. The van der Waals surface area contributed by atoms with E-state index in [2.05, 4.69) is 0 Å². The first-order valence-corrected chi connectivity index (χ1v) is 11.5. The van der Waals surface area contributed by atoms with E-state index in [1.807, 2.05) is 0 Å². The number of rotatable bonds is 0. The van der Waals surface area contributed by atoms with Gasteiger partial charge in [0.15, 0.2) is 7.62 Å². The lowest BCUT2D eigenvalue weighted by Crippen LogP contribution is -2.52. The minimum absolute atomic E-state index is 0.260. The fraction of sp³-hybridized carbons (Fsp3) is 1.00. The van der Waals surface area contributed by atoms with Crippen molar-refractivity contribution in [3.8, 4) is 0 Å². The zero-order valence-electron chi connectivity index (χ0n) is 5.18. The molecule has 1 heterocycles. The SMILES string of the molecule is ClC1O[SiH](Cl)[SiH](Cl)C(Cl)C1Cl. The Balaban J connectivity index is 2.63. The molecule has 1 fully saturated rings. The van der Waals surface area contributed by atoms with Gasteiger partial charge >= 0.3 is 0 Å². The third-order valence-corrected chi connectivity index (χ3v) is 17.2. The first-order valence-electron chi connectivity index (χ1n) is 2.90. The zero-order chi connectivity index (χ0) is 8.59. The molecule has 0 aromatic carbocycles. The predicted octanol–water partition coefficient (Wildman–Crippen LogP) is 1.84. The van der Waals surface area contributed by atoms with Crippen molar-refractivity contribution in [3.05, 3.63) is 0 Å². The summed E-state index contributed by atoms with van der Waals surface area (Å²) in [7, 11) is -3.49. The summed E-state index contributed by atoms with van der Waals surface area (Å²) < 4.78 is 5.16. The zero-order valence-corrected chi connectivity index (χ0v) is 11.3. The maximum Gasteiger partial charge on any atom is 0.275 e. The Labute approximate surface area is 92.4 Å². The molecule has 1 saturated heterocycles. The van der Waals surface area contributed by atoms with E-state index in [4.69, 9.17) is 61.4 Å². The van der Waals surface area contributed by atoms with Gasteiger partial charge in [-0.3, -0.25) is 0 Å². The average molecular weight is 291 g/mol. The molecule has 1 aliphatic rings. The number of hydrogen-bond acceptors (Lipinski definition) is 1. The molecule has 0 N–H and O–H groups in total. The molecule has 0 aromatic heterocycles. The highest BCUT2D eigenvalue weighted by Gasteiger charge is 2.44. The molecule has 5 atom stereocenters. The summed E-state index contributed by atoms with van der Waals surface area (Å²) in [4.78, 5) is 0. The second-order valence-electron chi connectivity index (χ2n) is 2.17. The molecule has 0 saturated carbocycles. The van der Waals surface area contributed by atoms with Gasteiger partial charge in [-0.1, -0.05) is 11.6 Å². The molecule has 0 amide bonds. The van der Waals surface area contributed by atoms with Gasteiger partial charge in [0, 0.05) is 0 Å². The van der Waals surface area contributed by atoms with Crippen LogP contribution in [0.3, 0.4) is 0 Å². The number of halogens is 5. The van der Waals surface area contributed by atoms with Crippen LogP contribution in [0, 0.1) is 0 Å². The first kappa shape index (κ1) is 10.9. The van der Waals surface area contributed by atoms with Crippen molar-refractivity contribution in [1.29, 1.82) is 0 Å². The van der Waals surface area contributed by atoms with E-state index >= 15 is 0 Å². The van der Waals surface area contributed by atoms with E-state index in [0.717, 1.165) is 0 Å². The first-order chi connectivity index (χ1) is 5.04. The van der Waals surface area contributed by atoms with Crippen molar-refractivity contribution in [3.63, 3.8) is 0 Å². The topological polar surface area (TPSA) is 9.23 Å². The molecule has 0 aromatic rings. The predicted molar refractivity (Wildman–Crippen MR) is 56.0 cm³/mol. The third kappa shape index (κ3) is 2.41. The quantitative estimate of drug-likeness (QED) is 0.376. The van der Waals surface area contributed by atoms with Gasteiger partial charge in [0.25, 0.3) is 7.87 Å². The Bertz CT molecular complexity index is 134. The molecular weight excluding hydrogens is 285 g/mol. The van der Waals surface area contributed by atoms with Crippen LogP contribution >= 0.6 is 57.0 Å². The van der Waals surface area contributed by atoms with Gasteiger partial charge in [0.1, 0.15) is 5.56 Å². The molecule has 1 nitrogen and oxygen atoms in total. The molecule has 0 bridgehead atoms. The lowest BCUT2D eigenvalue weighted by molar-refractivity contribution is 0.289. The second-order valence-corrected chi connectivity index (χ2v) is 15.9. The summed E-state index contributed by atoms with van der Waals surface area (Å²) in [5.41, 5.74) is -0.573. The van der Waals surface area contributed by atoms with Gasteiger partial charge in [-0.25, -0.2) is 0 Å². The Morgan fingerprint density at radius 1 is 1.09 bits per heavy atom. The summed E-state index contributed by atoms with van der Waals surface area (Å²) in [5, 5.41) is -0.668. The Hall–Kier alpha value is 1.84. The lowest BCUT2D eigenvalue weighted by Gasteiger charge is -2.32. The van der Waals surface area contributed by atoms with E-state index < -0.39 is 26.4 Å². The highest BCUT2D eigenvalue weighted by molar-refractivity contribution is 7.55. The minimum Gasteiger partial charge on any atom is -0.389 e. The maximum absolute atomic E-state index is 5.95. The second kappa shape index (κ2) is 4.37. The number of hydrogen-bond donors (Lipinski definition) is 0. The molecule has 66 valence electrons. The fourth-order valence-corrected chi connectivity index (χ4v) is 11.9. The van der Waals surface area contributed by atoms with Crippen molar-refractivity contribution in [2.75, 3.05) is 0 Å². The van der Waals surface area contributed by atoms with Gasteiger partial charge in [0.2, 0.25) is 0 Å². The normalized spacial score (nSPS) is 52.6. The summed E-state index contributed by atoms with van der Waals surface area (Å²) in [6.45, 7) is 0. The van der Waals surface area contributed by atoms with Crippen LogP contribution in [-0.4, -0.2) is 31.4 Å². The average Bonchev–Trinajstić information content (AvgIpc) is 1.97. The van der Waals surface area contributed by atoms with E-state index in [9.17, 15) is 0 Å². The maximum atomic E-state index is 5.95. The van der Waals surface area contributed by atoms with Crippen molar-refractivity contribution in [1.82, 2.24) is 0 Å². The summed E-state index contributed by atoms with van der Waals surface area (Å²) in [5.74, 6) is 0. The van der Waals surface area contributed by atoms with E-state index in [1.54, 1.807) is 0 Å². The van der Waals surface area contributed by atoms with Crippen molar-refractivity contribution >= 4 is 72.5 Å². The molecule has 1 rings (SSSR count). The van der Waals surface area contributed by atoms with Crippen LogP contribution in [0.15, 0.2) is 0 Å². The molecule has 8 heteroatoms. The van der Waals surface area contributed by atoms with Crippen LogP contribution < -0.4 is 0 Å². The Morgan fingerprint density at radius 3 is 2.18 bits per heavy atom. The highest BCUT2D eigenvalue weighted by Crippen LogP contribution is 2.30. The van der Waals surface area contributed by atoms with Gasteiger partial charge < -0.3 is 4.43 Å². The van der Waals surface area contributed by atoms with Crippen LogP contribution in [0.2, 0.25) is 0 Å². The van der Waals surface area contributed by atoms with Crippen LogP contribution in [-0.2, 0) is 4.43 Å². The lowest BCUT2D eigenvalue weighted by atomic mass is 10.5. The molecule has 1 aliphatic heterocycles. The van der Waals surface area contributed by atoms with Crippen LogP contribution in [0.1, 0.15) is 0 Å². The van der Waals surface area contributed by atoms with E-state index in [0.29, 0.717) is 0 Å². The van der Waals surface area contributed by atoms with Gasteiger partial charge in [-0.05, 0) is 0 Å². The van der Waals surface area contributed by atoms with Gasteiger partial charge in [-0.2, -0.15) is 11.1 Å². The van der Waals surface area contributed by atoms with E-state index in [-0.39, 0.29) is 5.00 Å². The Morgan fingerprint density at radius 2 is 1.64 bits per heavy atom. The third-order valence-electron chi connectivity index (χ3n) is 1.37. The summed E-state index contributed by atoms with van der Waals surface area (Å²) >= 11 is 29.2. The van der Waals surface area contributed by atoms with Crippen LogP contribution in [0.4, 0.5) is 0 Å². The summed E-state index contributed by atoms with van der Waals surface area (Å²) in [6.07, 6.45) is 0. The number of alkyl halides is 3. The van der Waals surface area contributed by atoms with Gasteiger partial charge in [0.05, 0.1) is 10.4 Å². The molecule has 5 unspecified atom stereocenters. The van der Waals surface area contributed by atoms with Crippen LogP contribution in [0.25, 0.3) is 0 Å². The smallest absolute Gasteiger partial charge is 0.275 e. The fourth-order valence-electron chi connectivity index (χ4n) is 0.739. The largest absolute Gasteiger partial charge is 0.389 e.